The Morgan fingerprint density at radius 1 is 1.37 bits per heavy atom. The Labute approximate surface area is 111 Å². The van der Waals surface area contributed by atoms with Crippen molar-refractivity contribution in [2.75, 3.05) is 6.54 Å². The molecule has 0 spiro atoms. The molecule has 0 aliphatic rings. The minimum absolute atomic E-state index is 0.0493. The Morgan fingerprint density at radius 3 is 2.42 bits per heavy atom. The van der Waals surface area contributed by atoms with E-state index in [1.165, 1.54) is 24.3 Å². The summed E-state index contributed by atoms with van der Waals surface area (Å²) in [7, 11) is 0. The Bertz CT molecular complexity index is 442. The lowest BCUT2D eigenvalue weighted by molar-refractivity contribution is -0.384. The molecule has 0 saturated carbocycles. The summed E-state index contributed by atoms with van der Waals surface area (Å²) in [4.78, 5) is 21.7. The average Bonchev–Trinajstić information content (AvgIpc) is 2.38. The zero-order chi connectivity index (χ0) is 14.4. The molecule has 1 amide bonds. The third-order valence-corrected chi connectivity index (χ3v) is 2.84. The predicted molar refractivity (Wildman–Crippen MR) is 70.9 cm³/mol. The first kappa shape index (κ1) is 15.1. The van der Waals surface area contributed by atoms with E-state index in [0.717, 1.165) is 0 Å². The third kappa shape index (κ3) is 4.67. The van der Waals surface area contributed by atoms with Crippen LogP contribution >= 0.6 is 0 Å². The van der Waals surface area contributed by atoms with Crippen LogP contribution in [0.4, 0.5) is 5.69 Å². The van der Waals surface area contributed by atoms with E-state index in [4.69, 9.17) is 0 Å². The lowest BCUT2D eigenvalue weighted by Gasteiger charge is -2.14. The number of aliphatic hydroxyl groups excluding tert-OH is 1. The number of hydrogen-bond acceptors (Lipinski definition) is 4. The summed E-state index contributed by atoms with van der Waals surface area (Å²) in [6, 6.07) is 5.40. The molecule has 0 fully saturated rings. The summed E-state index contributed by atoms with van der Waals surface area (Å²) < 4.78 is 0. The van der Waals surface area contributed by atoms with Gasteiger partial charge in [-0.05, 0) is 24.5 Å². The molecular weight excluding hydrogens is 248 g/mol. The van der Waals surface area contributed by atoms with E-state index in [1.54, 1.807) is 0 Å². The molecule has 0 aliphatic carbocycles. The fraction of sp³-hybridized carbons (Fsp3) is 0.462. The maximum absolute atomic E-state index is 11.7. The van der Waals surface area contributed by atoms with Crippen molar-refractivity contribution >= 4 is 11.6 Å². The van der Waals surface area contributed by atoms with E-state index in [2.05, 4.69) is 5.32 Å². The molecule has 6 heteroatoms. The largest absolute Gasteiger partial charge is 0.393 e. The monoisotopic (exact) mass is 266 g/mol. The minimum Gasteiger partial charge on any atom is -0.393 e. The van der Waals surface area contributed by atoms with E-state index in [9.17, 15) is 20.0 Å². The lowest BCUT2D eigenvalue weighted by atomic mass is 10.0. The molecule has 0 bridgehead atoms. The van der Waals surface area contributed by atoms with Gasteiger partial charge >= 0.3 is 0 Å². The molecule has 0 aromatic heterocycles. The maximum atomic E-state index is 11.7. The van der Waals surface area contributed by atoms with Crippen LogP contribution in [0.3, 0.4) is 0 Å². The van der Waals surface area contributed by atoms with Gasteiger partial charge in [-0.2, -0.15) is 0 Å². The second-order valence-electron chi connectivity index (χ2n) is 4.66. The van der Waals surface area contributed by atoms with Crippen molar-refractivity contribution in [2.24, 2.45) is 5.92 Å². The lowest BCUT2D eigenvalue weighted by Crippen LogP contribution is -2.28. The van der Waals surface area contributed by atoms with Crippen LogP contribution in [0.2, 0.25) is 0 Å². The molecule has 0 saturated heterocycles. The number of carbonyl (C=O) groups is 1. The number of nitrogens with zero attached hydrogens (tertiary/aromatic N) is 1. The van der Waals surface area contributed by atoms with E-state index in [-0.39, 0.29) is 17.5 Å². The Hall–Kier alpha value is -1.95. The molecule has 2 N–H and O–H groups in total. The predicted octanol–water partition coefficient (Wildman–Crippen LogP) is 1.73. The van der Waals surface area contributed by atoms with Crippen molar-refractivity contribution in [2.45, 2.75) is 26.4 Å². The standard InChI is InChI=1S/C13H18N2O4/c1-9(2)12(16)7-8-14-13(17)10-3-5-11(6-4-10)15(18)19/h3-6,9,12,16H,7-8H2,1-2H3,(H,14,17). The second-order valence-corrected chi connectivity index (χ2v) is 4.66. The highest BCUT2D eigenvalue weighted by Crippen LogP contribution is 2.11. The number of rotatable bonds is 6. The zero-order valence-electron chi connectivity index (χ0n) is 11.0. The number of carbonyl (C=O) groups excluding carboxylic acids is 1. The smallest absolute Gasteiger partial charge is 0.269 e. The van der Waals surface area contributed by atoms with Gasteiger partial charge in [0.25, 0.3) is 11.6 Å². The quantitative estimate of drug-likeness (QED) is 0.605. The summed E-state index contributed by atoms with van der Waals surface area (Å²) in [5.74, 6) is -0.151. The van der Waals surface area contributed by atoms with E-state index in [0.29, 0.717) is 18.5 Å². The number of nitro groups is 1. The number of amides is 1. The molecule has 0 aliphatic heterocycles. The molecule has 1 atom stereocenters. The summed E-state index contributed by atoms with van der Waals surface area (Å²) in [6.07, 6.45) is 0.0355. The number of nitro benzene ring substituents is 1. The molecule has 1 aromatic carbocycles. The fourth-order valence-corrected chi connectivity index (χ4v) is 1.50. The van der Waals surface area contributed by atoms with E-state index in [1.807, 2.05) is 13.8 Å². The van der Waals surface area contributed by atoms with Gasteiger partial charge in [-0.15, -0.1) is 0 Å². The Balaban J connectivity index is 2.48. The van der Waals surface area contributed by atoms with Gasteiger partial charge in [0.15, 0.2) is 0 Å². The first-order valence-electron chi connectivity index (χ1n) is 6.12. The van der Waals surface area contributed by atoms with Gasteiger partial charge in [-0.1, -0.05) is 13.8 Å². The van der Waals surface area contributed by atoms with Gasteiger partial charge < -0.3 is 10.4 Å². The van der Waals surface area contributed by atoms with Gasteiger partial charge in [-0.3, -0.25) is 14.9 Å². The van der Waals surface area contributed by atoms with Crippen molar-refractivity contribution in [1.82, 2.24) is 5.32 Å². The fourth-order valence-electron chi connectivity index (χ4n) is 1.50. The highest BCUT2D eigenvalue weighted by molar-refractivity contribution is 5.94. The van der Waals surface area contributed by atoms with Crippen LogP contribution in [0.5, 0.6) is 0 Å². The van der Waals surface area contributed by atoms with E-state index < -0.39 is 11.0 Å². The normalized spacial score (nSPS) is 12.2. The van der Waals surface area contributed by atoms with Crippen molar-refractivity contribution in [1.29, 1.82) is 0 Å². The number of non-ortho nitro benzene ring substituents is 1. The summed E-state index contributed by atoms with van der Waals surface area (Å²) >= 11 is 0. The van der Waals surface area contributed by atoms with E-state index >= 15 is 0 Å². The first-order chi connectivity index (χ1) is 8.91. The van der Waals surface area contributed by atoms with Crippen molar-refractivity contribution in [3.05, 3.63) is 39.9 Å². The van der Waals surface area contributed by atoms with Gasteiger partial charge in [-0.25, -0.2) is 0 Å². The van der Waals surface area contributed by atoms with Gasteiger partial charge in [0, 0.05) is 24.2 Å². The summed E-state index contributed by atoms with van der Waals surface area (Å²) in [5, 5.41) is 22.7. The Kier molecular flexibility index (Phi) is 5.44. The molecular formula is C13H18N2O4. The number of nitrogens with one attached hydrogen (secondary N) is 1. The SMILES string of the molecule is CC(C)C(O)CCNC(=O)c1ccc([N+](=O)[O-])cc1. The van der Waals surface area contributed by atoms with Crippen LogP contribution in [0, 0.1) is 16.0 Å². The van der Waals surface area contributed by atoms with Gasteiger partial charge in [0.05, 0.1) is 11.0 Å². The van der Waals surface area contributed by atoms with Crippen molar-refractivity contribution in [3.63, 3.8) is 0 Å². The Morgan fingerprint density at radius 2 is 1.95 bits per heavy atom. The summed E-state index contributed by atoms with van der Waals surface area (Å²) in [6.45, 7) is 4.18. The maximum Gasteiger partial charge on any atom is 0.269 e. The number of aliphatic hydroxyl groups is 1. The molecule has 0 radical (unpaired) electrons. The molecule has 6 nitrogen and oxygen atoms in total. The van der Waals surface area contributed by atoms with Crippen LogP contribution in [0.1, 0.15) is 30.6 Å². The first-order valence-corrected chi connectivity index (χ1v) is 6.12. The van der Waals surface area contributed by atoms with Crippen LogP contribution in [0.25, 0.3) is 0 Å². The highest BCUT2D eigenvalue weighted by atomic mass is 16.6. The molecule has 104 valence electrons. The molecule has 1 aromatic rings. The topological polar surface area (TPSA) is 92.5 Å². The van der Waals surface area contributed by atoms with Gasteiger partial charge in [0.2, 0.25) is 0 Å². The molecule has 0 heterocycles. The molecule has 1 rings (SSSR count). The van der Waals surface area contributed by atoms with Crippen LogP contribution in [-0.4, -0.2) is 28.6 Å². The number of benzene rings is 1. The third-order valence-electron chi connectivity index (χ3n) is 2.84. The molecule has 19 heavy (non-hydrogen) atoms. The zero-order valence-corrected chi connectivity index (χ0v) is 11.0. The van der Waals surface area contributed by atoms with Crippen molar-refractivity contribution < 1.29 is 14.8 Å². The summed E-state index contributed by atoms with van der Waals surface area (Å²) in [5.41, 5.74) is 0.316. The highest BCUT2D eigenvalue weighted by Gasteiger charge is 2.11. The van der Waals surface area contributed by atoms with Gasteiger partial charge in [0.1, 0.15) is 0 Å². The van der Waals surface area contributed by atoms with Crippen LogP contribution < -0.4 is 5.32 Å². The van der Waals surface area contributed by atoms with Crippen molar-refractivity contribution in [3.8, 4) is 0 Å². The van der Waals surface area contributed by atoms with Crippen LogP contribution in [0.15, 0.2) is 24.3 Å². The second kappa shape index (κ2) is 6.84. The minimum atomic E-state index is -0.513. The van der Waals surface area contributed by atoms with Crippen LogP contribution in [-0.2, 0) is 0 Å². The number of hydrogen-bond donors (Lipinski definition) is 2. The molecule has 1 unspecified atom stereocenters. The average molecular weight is 266 g/mol.